The molecular formula is C21H17F4N3O. The molecule has 0 aliphatic carbocycles. The van der Waals surface area contributed by atoms with E-state index in [1.54, 1.807) is 18.2 Å². The van der Waals surface area contributed by atoms with Crippen molar-refractivity contribution in [1.82, 2.24) is 9.97 Å². The molecule has 1 unspecified atom stereocenters. The molecule has 0 spiro atoms. The topological polar surface area (TPSA) is 47.0 Å². The van der Waals surface area contributed by atoms with Crippen LogP contribution in [0.2, 0.25) is 0 Å². The molecule has 0 bridgehead atoms. The van der Waals surface area contributed by atoms with Crippen LogP contribution in [0.5, 0.6) is 5.88 Å². The summed E-state index contributed by atoms with van der Waals surface area (Å²) in [6.07, 6.45) is -2.18. The van der Waals surface area contributed by atoms with Gasteiger partial charge in [-0.05, 0) is 54.8 Å². The molecule has 150 valence electrons. The van der Waals surface area contributed by atoms with Gasteiger partial charge in [-0.1, -0.05) is 6.07 Å². The largest absolute Gasteiger partial charge is 0.480 e. The third kappa shape index (κ3) is 3.08. The van der Waals surface area contributed by atoms with E-state index < -0.39 is 17.4 Å². The van der Waals surface area contributed by atoms with E-state index >= 15 is 0 Å². The lowest BCUT2D eigenvalue weighted by Crippen LogP contribution is -2.46. The number of ether oxygens (including phenoxy) is 1. The fourth-order valence-electron chi connectivity index (χ4n) is 3.91. The zero-order chi connectivity index (χ0) is 20.6. The van der Waals surface area contributed by atoms with Gasteiger partial charge in [0.1, 0.15) is 16.9 Å². The Balaban J connectivity index is 1.97. The fourth-order valence-corrected chi connectivity index (χ4v) is 3.91. The molecule has 0 fully saturated rings. The predicted molar refractivity (Wildman–Crippen MR) is 99.9 cm³/mol. The average Bonchev–Trinajstić information content (AvgIpc) is 2.71. The number of benzene rings is 1. The number of hydrogen-bond acceptors (Lipinski definition) is 4. The first-order valence-electron chi connectivity index (χ1n) is 8.94. The highest BCUT2D eigenvalue weighted by Crippen LogP contribution is 2.57. The van der Waals surface area contributed by atoms with Gasteiger partial charge in [-0.3, -0.25) is 4.98 Å². The molecule has 29 heavy (non-hydrogen) atoms. The Kier molecular flexibility index (Phi) is 4.64. The second-order valence-electron chi connectivity index (χ2n) is 6.78. The summed E-state index contributed by atoms with van der Waals surface area (Å²) in [7, 11) is 1.34. The Morgan fingerprint density at radius 2 is 1.86 bits per heavy atom. The van der Waals surface area contributed by atoms with Crippen molar-refractivity contribution in [2.45, 2.75) is 24.4 Å². The Hall–Kier alpha value is -3.16. The summed E-state index contributed by atoms with van der Waals surface area (Å²) >= 11 is 0. The zero-order valence-corrected chi connectivity index (χ0v) is 15.4. The minimum absolute atomic E-state index is 0.0453. The second kappa shape index (κ2) is 7.02. The number of nitrogens with zero attached hydrogens (tertiary/aromatic N) is 2. The highest BCUT2D eigenvalue weighted by molar-refractivity contribution is 5.79. The molecule has 3 heterocycles. The molecule has 0 saturated carbocycles. The Labute approximate surface area is 164 Å². The molecule has 4 nitrogen and oxygen atoms in total. The second-order valence-corrected chi connectivity index (χ2v) is 6.78. The van der Waals surface area contributed by atoms with Crippen molar-refractivity contribution in [3.63, 3.8) is 0 Å². The van der Waals surface area contributed by atoms with Crippen molar-refractivity contribution in [3.8, 4) is 5.88 Å². The van der Waals surface area contributed by atoms with Crippen LogP contribution in [0.25, 0.3) is 0 Å². The van der Waals surface area contributed by atoms with Crippen molar-refractivity contribution in [3.05, 3.63) is 77.5 Å². The number of rotatable bonds is 4. The van der Waals surface area contributed by atoms with E-state index in [9.17, 15) is 17.6 Å². The number of nitrogens with one attached hydrogen (secondary N) is 1. The van der Waals surface area contributed by atoms with Gasteiger partial charge in [0.15, 0.2) is 0 Å². The summed E-state index contributed by atoms with van der Waals surface area (Å²) in [5, 5.41) is 2.94. The standard InChI is InChI=1S/C21H17F4N3O/c1-29-19-18-15(8-11-27-19)20(21(23,24)25,9-7-14-4-2-3-10-26-14)16-12-13(22)5-6-17(16)28-18/h2-6,8,10-12,28H,7,9H2,1H3. The smallest absolute Gasteiger partial charge is 0.402 e. The molecule has 8 heteroatoms. The molecule has 3 aromatic rings. The number of aryl methyl sites for hydroxylation is 1. The molecule has 0 saturated heterocycles. The van der Waals surface area contributed by atoms with E-state index in [-0.39, 0.29) is 41.2 Å². The van der Waals surface area contributed by atoms with Crippen LogP contribution in [0.1, 0.15) is 23.2 Å². The minimum Gasteiger partial charge on any atom is -0.480 e. The molecule has 1 atom stereocenters. The van der Waals surface area contributed by atoms with Gasteiger partial charge in [-0.25, -0.2) is 9.37 Å². The molecule has 1 aromatic carbocycles. The minimum atomic E-state index is -4.70. The number of aromatic nitrogens is 2. The summed E-state index contributed by atoms with van der Waals surface area (Å²) in [5.41, 5.74) is -1.84. The third-order valence-electron chi connectivity index (χ3n) is 5.24. The van der Waals surface area contributed by atoms with Crippen LogP contribution in [0.15, 0.2) is 54.9 Å². The maximum absolute atomic E-state index is 14.8. The van der Waals surface area contributed by atoms with Gasteiger partial charge in [-0.2, -0.15) is 13.2 Å². The Morgan fingerprint density at radius 3 is 2.55 bits per heavy atom. The van der Waals surface area contributed by atoms with Crippen molar-refractivity contribution in [1.29, 1.82) is 0 Å². The van der Waals surface area contributed by atoms with Crippen molar-refractivity contribution < 1.29 is 22.3 Å². The lowest BCUT2D eigenvalue weighted by molar-refractivity contribution is -0.180. The van der Waals surface area contributed by atoms with Crippen molar-refractivity contribution in [2.75, 3.05) is 12.4 Å². The van der Waals surface area contributed by atoms with Gasteiger partial charge in [0, 0.05) is 29.3 Å². The number of hydrogen-bond donors (Lipinski definition) is 1. The van der Waals surface area contributed by atoms with E-state index in [0.29, 0.717) is 5.69 Å². The molecule has 4 rings (SSSR count). The molecular weight excluding hydrogens is 386 g/mol. The van der Waals surface area contributed by atoms with Gasteiger partial charge in [0.2, 0.25) is 5.88 Å². The first-order chi connectivity index (χ1) is 13.9. The maximum atomic E-state index is 14.8. The summed E-state index contributed by atoms with van der Waals surface area (Å²) < 4.78 is 63.6. The highest BCUT2D eigenvalue weighted by Gasteiger charge is 2.60. The first kappa shape index (κ1) is 19.2. The van der Waals surface area contributed by atoms with Gasteiger partial charge in [-0.15, -0.1) is 0 Å². The highest BCUT2D eigenvalue weighted by atomic mass is 19.4. The van der Waals surface area contributed by atoms with Crippen LogP contribution in [-0.2, 0) is 11.8 Å². The normalized spacial score (nSPS) is 17.8. The molecule has 1 aliphatic rings. The predicted octanol–water partition coefficient (Wildman–Crippen LogP) is 5.16. The van der Waals surface area contributed by atoms with E-state index in [2.05, 4.69) is 15.3 Å². The van der Waals surface area contributed by atoms with Crippen LogP contribution in [0, 0.1) is 5.82 Å². The number of fused-ring (bicyclic) bond motifs is 2. The van der Waals surface area contributed by atoms with E-state index in [1.165, 1.54) is 31.6 Å². The molecule has 1 aliphatic heterocycles. The molecule has 2 aromatic heterocycles. The Bertz CT molecular complexity index is 1040. The van der Waals surface area contributed by atoms with Crippen LogP contribution >= 0.6 is 0 Å². The van der Waals surface area contributed by atoms with Gasteiger partial charge in [0.05, 0.1) is 7.11 Å². The maximum Gasteiger partial charge on any atom is 0.402 e. The van der Waals surface area contributed by atoms with E-state index in [4.69, 9.17) is 4.74 Å². The number of methoxy groups -OCH3 is 1. The lowest BCUT2D eigenvalue weighted by Gasteiger charge is -2.42. The van der Waals surface area contributed by atoms with Crippen LogP contribution in [0.3, 0.4) is 0 Å². The summed E-state index contributed by atoms with van der Waals surface area (Å²) in [5.74, 6) is -0.689. The Morgan fingerprint density at radius 1 is 1.03 bits per heavy atom. The van der Waals surface area contributed by atoms with E-state index in [0.717, 1.165) is 12.1 Å². The van der Waals surface area contributed by atoms with Gasteiger partial charge < -0.3 is 10.1 Å². The molecule has 1 N–H and O–H groups in total. The average molecular weight is 403 g/mol. The monoisotopic (exact) mass is 403 g/mol. The summed E-state index contributed by atoms with van der Waals surface area (Å²) in [6, 6.07) is 9.78. The van der Waals surface area contributed by atoms with E-state index in [1.807, 2.05) is 0 Å². The molecule has 0 amide bonds. The lowest BCUT2D eigenvalue weighted by atomic mass is 9.67. The van der Waals surface area contributed by atoms with Gasteiger partial charge >= 0.3 is 6.18 Å². The SMILES string of the molecule is COc1nccc2c1Nc1ccc(F)cc1C2(CCc1ccccn1)C(F)(F)F. The van der Waals surface area contributed by atoms with Crippen molar-refractivity contribution in [2.24, 2.45) is 0 Å². The zero-order valence-electron chi connectivity index (χ0n) is 15.4. The number of alkyl halides is 3. The first-order valence-corrected chi connectivity index (χ1v) is 8.94. The quantitative estimate of drug-likeness (QED) is 0.611. The van der Waals surface area contributed by atoms with Crippen molar-refractivity contribution >= 4 is 11.4 Å². The number of halogens is 4. The number of anilines is 2. The van der Waals surface area contributed by atoms with Crippen LogP contribution in [0.4, 0.5) is 28.9 Å². The van der Waals surface area contributed by atoms with Crippen LogP contribution < -0.4 is 10.1 Å². The van der Waals surface area contributed by atoms with Gasteiger partial charge in [0.25, 0.3) is 0 Å². The molecule has 0 radical (unpaired) electrons. The number of pyridine rings is 2. The summed E-state index contributed by atoms with van der Waals surface area (Å²) in [6.45, 7) is 0. The fraction of sp³-hybridized carbons (Fsp3) is 0.238. The van der Waals surface area contributed by atoms with Crippen LogP contribution in [-0.4, -0.2) is 23.3 Å². The third-order valence-corrected chi connectivity index (χ3v) is 5.24. The summed E-state index contributed by atoms with van der Waals surface area (Å²) in [4.78, 5) is 8.17.